The second-order valence-electron chi connectivity index (χ2n) is 34.5. The Bertz CT molecular complexity index is 5280. The number of phenolic OH excluding ortho intramolecular Hbond substituents is 2. The van der Waals surface area contributed by atoms with Crippen molar-refractivity contribution in [1.82, 2.24) is 105 Å². The summed E-state index contributed by atoms with van der Waals surface area (Å²) >= 11 is 0. The molecule has 0 radical (unpaired) electrons. The van der Waals surface area contributed by atoms with Crippen LogP contribution in [-0.4, -0.2) is 276 Å². The highest BCUT2D eigenvalue weighted by Gasteiger charge is 2.39. The van der Waals surface area contributed by atoms with Crippen molar-refractivity contribution in [3.05, 3.63) is 150 Å². The highest BCUT2D eigenvalue weighted by Crippen LogP contribution is 2.22. The minimum Gasteiger partial charge on any atom is -0.508 e. The predicted octanol–water partition coefficient (Wildman–Crippen LogP) is -5.72. The Labute approximate surface area is 810 Å². The molecule has 0 aliphatic carbocycles. The first-order valence-corrected chi connectivity index (χ1v) is 45.5. The first kappa shape index (κ1) is 114. The zero-order valence-electron chi connectivity index (χ0n) is 78.6. The lowest BCUT2D eigenvalue weighted by atomic mass is 10.0. The summed E-state index contributed by atoms with van der Waals surface area (Å²) in [4.78, 5) is 249. The van der Waals surface area contributed by atoms with Gasteiger partial charge in [0.15, 0.2) is 17.9 Å². The minimum atomic E-state index is -2.09. The van der Waals surface area contributed by atoms with E-state index in [9.17, 15) is 107 Å². The molecular weight excluding hydrogens is 1840 g/mol. The van der Waals surface area contributed by atoms with Gasteiger partial charge in [0.25, 0.3) is 0 Å². The van der Waals surface area contributed by atoms with Crippen LogP contribution in [0.15, 0.2) is 122 Å². The maximum absolute atomic E-state index is 15.0. The summed E-state index contributed by atoms with van der Waals surface area (Å²) in [5.74, 6) is -20.9. The number of fused-ring (bicyclic) bond motifs is 1. The molecule has 0 unspecified atom stereocenters. The number of aromatic amines is 2. The molecule has 0 saturated heterocycles. The molecule has 14 atom stereocenters. The van der Waals surface area contributed by atoms with E-state index in [2.05, 4.69) is 105 Å². The quantitative estimate of drug-likeness (QED) is 0.00961. The second kappa shape index (κ2) is 57.9. The number of carboxylic acid groups (broad SMARTS) is 2. The first-order chi connectivity index (χ1) is 66.8. The number of para-hydroxylation sites is 1. The number of carbonyl (C=O) groups is 17. The third-order valence-corrected chi connectivity index (χ3v) is 21.9. The molecule has 2 aromatic heterocycles. The molecule has 0 aliphatic heterocycles. The van der Waals surface area contributed by atoms with Gasteiger partial charge in [0.1, 0.15) is 90.0 Å². The molecule has 0 fully saturated rings. The van der Waals surface area contributed by atoms with Crippen molar-refractivity contribution in [3.8, 4) is 11.5 Å². The smallest absolute Gasteiger partial charge is 0.326 e. The van der Waals surface area contributed by atoms with Crippen LogP contribution in [0.1, 0.15) is 133 Å². The van der Waals surface area contributed by atoms with Crippen molar-refractivity contribution < 1.29 is 107 Å². The SMILES string of the molecule is CC(C)C[C@H](NC(=O)[C@H](CCCNC(=N)N)NC(=O)[C@H](Cc1c[nH]c2ccccc12)NC(=O)[C@H](Cc1ccccc1)NC(=O)CNC(=O)[C@H](Cc1ccc(O)cc1)NC(=O)[C@H](C)NC(=O)[C@H](CCCNC(=N)N)NC(=O)[C@H](CC(C)C)NC(=O)[C@H](CC(=O)O)NC(=O)[C@H](Cc1cnc[nH]1)NC(=O)[C@H](CCC(N)=O)NC(=O)[C@H](Cc1ccc(O)cc1)NC(=O)[C@H](CO)NC(=O)[C@@H](N)CCCNC(=N)N)C(=O)O. The molecule has 4 aromatic carbocycles. The Morgan fingerprint density at radius 2 is 0.780 bits per heavy atom. The van der Waals surface area contributed by atoms with E-state index in [0.29, 0.717) is 33.2 Å². The molecule has 50 nitrogen and oxygen atoms in total. The van der Waals surface area contributed by atoms with E-state index in [4.69, 9.17) is 44.9 Å². The Hall–Kier alpha value is -16.0. The van der Waals surface area contributed by atoms with Crippen LogP contribution in [0.5, 0.6) is 11.5 Å². The van der Waals surface area contributed by atoms with Crippen molar-refractivity contribution in [2.75, 3.05) is 32.8 Å². The van der Waals surface area contributed by atoms with Crippen molar-refractivity contribution >= 4 is 129 Å². The fourth-order valence-electron chi connectivity index (χ4n) is 14.5. The third kappa shape index (κ3) is 41.0. The van der Waals surface area contributed by atoms with Crippen LogP contribution in [0.2, 0.25) is 0 Å². The number of amides is 15. The highest BCUT2D eigenvalue weighted by molar-refractivity contribution is 6.01. The summed E-state index contributed by atoms with van der Waals surface area (Å²) in [6, 6.07) is 3.49. The van der Waals surface area contributed by atoms with E-state index >= 15 is 0 Å². The minimum absolute atomic E-state index is 0.0242. The topological polar surface area (TPSA) is 842 Å². The zero-order valence-corrected chi connectivity index (χ0v) is 78.6. The number of guanidine groups is 3. The number of aliphatic hydroxyl groups excluding tert-OH is 1. The van der Waals surface area contributed by atoms with Crippen LogP contribution in [0.4, 0.5) is 0 Å². The highest BCUT2D eigenvalue weighted by atomic mass is 16.4. The van der Waals surface area contributed by atoms with Gasteiger partial charge in [0, 0.05) is 87.1 Å². The number of carboxylic acids is 2. The van der Waals surface area contributed by atoms with E-state index in [1.54, 1.807) is 88.5 Å². The average molecular weight is 1970 g/mol. The number of aliphatic carboxylic acids is 2. The van der Waals surface area contributed by atoms with Gasteiger partial charge in [0.05, 0.1) is 31.9 Å². The Morgan fingerprint density at radius 3 is 1.26 bits per heavy atom. The summed E-state index contributed by atoms with van der Waals surface area (Å²) in [7, 11) is 0. The second-order valence-corrected chi connectivity index (χ2v) is 34.5. The van der Waals surface area contributed by atoms with Gasteiger partial charge in [-0.1, -0.05) is 100 Å². The van der Waals surface area contributed by atoms with Gasteiger partial charge in [0.2, 0.25) is 88.6 Å². The Morgan fingerprint density at radius 1 is 0.390 bits per heavy atom. The van der Waals surface area contributed by atoms with Gasteiger partial charge in [-0.25, -0.2) is 9.78 Å². The normalized spacial score (nSPS) is 14.0. The number of rotatable bonds is 61. The number of hydrogen-bond donors (Lipinski definition) is 32. The van der Waals surface area contributed by atoms with Crippen LogP contribution in [0.3, 0.4) is 0 Å². The number of H-pyrrole nitrogens is 2. The average Bonchev–Trinajstić information content (AvgIpc) is 1.73. The number of phenols is 2. The van der Waals surface area contributed by atoms with Crippen molar-refractivity contribution in [2.24, 2.45) is 40.5 Å². The van der Waals surface area contributed by atoms with Crippen LogP contribution in [-0.2, 0) is 114 Å². The molecule has 15 amide bonds. The molecule has 6 aromatic rings. The van der Waals surface area contributed by atoms with Crippen molar-refractivity contribution in [1.29, 1.82) is 16.2 Å². The van der Waals surface area contributed by atoms with Crippen LogP contribution in [0.25, 0.3) is 10.9 Å². The van der Waals surface area contributed by atoms with Gasteiger partial charge < -0.3 is 155 Å². The molecule has 50 heteroatoms. The third-order valence-electron chi connectivity index (χ3n) is 21.9. The molecular formula is C91H130N28O22. The van der Waals surface area contributed by atoms with E-state index in [1.807, 2.05) is 0 Å². The predicted molar refractivity (Wildman–Crippen MR) is 512 cm³/mol. The van der Waals surface area contributed by atoms with E-state index in [-0.39, 0.29) is 125 Å². The van der Waals surface area contributed by atoms with Gasteiger partial charge in [-0.3, -0.25) is 92.9 Å². The lowest BCUT2D eigenvalue weighted by molar-refractivity contribution is -0.143. The summed E-state index contributed by atoms with van der Waals surface area (Å²) in [6.07, 6.45) is -0.149. The number of aromatic nitrogens is 3. The Balaban J connectivity index is 1.21. The van der Waals surface area contributed by atoms with Crippen molar-refractivity contribution in [2.45, 2.75) is 222 Å². The molecule has 6 rings (SSSR count). The fraction of sp³-hybridized carbons (Fsp3) is 0.462. The molecule has 0 saturated carbocycles. The Kier molecular flexibility index (Phi) is 46.7. The van der Waals surface area contributed by atoms with Gasteiger partial charge in [-0.15, -0.1) is 0 Å². The fourth-order valence-corrected chi connectivity index (χ4v) is 14.5. The summed E-state index contributed by atoms with van der Waals surface area (Å²) < 4.78 is 0. The lowest BCUT2D eigenvalue weighted by Crippen LogP contribution is -2.61. The standard InChI is InChI=1S/C91H130N28O22/c1-47(2)34-63(113-86(138)69(41-74(125)126)117-85(137)68(40-54-43-100-46-106-54)116-80(132)62(29-30-72(93)123)111-83(135)66(38-52-23-27-56(122)28-24-52)114-87(139)71(45-120)119-76(128)58(92)17-11-31-101-89(94)95)81(133)109-60(19-12-32-102-90(96)97)78(130)107-49(5)75(127)112-64(37-51-21-25-55(121)26-22-51)77(129)105-44-73(124)108-65(36-50-14-7-6-8-15-50)82(134)115-67(39-53-42-104-59-18-10-9-16-57(53)59)84(136)110-61(20-13-33-103-91(98)99)79(131)118-70(88(140)141)35-48(3)4/h6-10,14-16,18,21-28,42-43,46-49,58,60-71,104,120-122H,11-13,17,19-20,29-41,44-45,92H2,1-5H3,(H2,93,123)(H,100,106)(H,105,129)(H,107,130)(H,108,124)(H,109,133)(H,110,136)(H,111,135)(H,112,127)(H,113,138)(H,114,139)(H,115,134)(H,116,132)(H,117,137)(H,118,131)(H,119,128)(H,125,126)(H,140,141)(H4,94,95,101)(H4,96,97,102)(H4,98,99,103)/t49-,58-,60-,61-,62-,63-,64-,65-,66-,67-,68-,69-,70-,71-/m0/s1. The number of aliphatic hydroxyl groups is 1. The molecule has 0 bridgehead atoms. The van der Waals surface area contributed by atoms with Gasteiger partial charge in [-0.05, 0) is 129 Å². The van der Waals surface area contributed by atoms with Crippen LogP contribution >= 0.6 is 0 Å². The van der Waals surface area contributed by atoms with Crippen LogP contribution in [0, 0.1) is 28.1 Å². The van der Waals surface area contributed by atoms with E-state index in [0.717, 1.165) is 0 Å². The number of carbonyl (C=O) groups excluding carboxylic acids is 15. The molecule has 0 spiro atoms. The number of nitrogens with two attached hydrogens (primary N) is 5. The summed E-state index contributed by atoms with van der Waals surface area (Å²) in [5, 5.41) is 117. The molecule has 0 aliphatic rings. The van der Waals surface area contributed by atoms with E-state index < -0.39 is 242 Å². The van der Waals surface area contributed by atoms with Gasteiger partial charge in [-0.2, -0.15) is 0 Å². The monoisotopic (exact) mass is 1970 g/mol. The number of imidazole rings is 1. The van der Waals surface area contributed by atoms with Crippen molar-refractivity contribution in [3.63, 3.8) is 0 Å². The number of nitrogens with zero attached hydrogens (tertiary/aromatic N) is 1. The maximum atomic E-state index is 15.0. The van der Waals surface area contributed by atoms with Crippen LogP contribution < -0.4 is 119 Å². The first-order valence-electron chi connectivity index (χ1n) is 45.5. The number of aromatic hydroxyl groups is 2. The molecule has 766 valence electrons. The zero-order chi connectivity index (χ0) is 104. The lowest BCUT2D eigenvalue weighted by Gasteiger charge is -2.28. The van der Waals surface area contributed by atoms with Gasteiger partial charge >= 0.3 is 11.9 Å². The molecule has 2 heterocycles. The number of nitrogens with one attached hydrogen (secondary N) is 22. The summed E-state index contributed by atoms with van der Waals surface area (Å²) in [6.45, 7) is 6.28. The summed E-state index contributed by atoms with van der Waals surface area (Å²) in [5.41, 5.74) is 30.5. The number of primary amides is 1. The maximum Gasteiger partial charge on any atom is 0.326 e. The number of hydrogen-bond acceptors (Lipinski definition) is 25. The largest absolute Gasteiger partial charge is 0.508 e. The molecule has 37 N–H and O–H groups in total. The number of benzene rings is 4. The molecule has 141 heavy (non-hydrogen) atoms. The van der Waals surface area contributed by atoms with E-state index in [1.165, 1.54) is 68.0 Å².